The first-order chi connectivity index (χ1) is 9.06. The van der Waals surface area contributed by atoms with Gasteiger partial charge >= 0.3 is 5.97 Å². The highest BCUT2D eigenvalue weighted by molar-refractivity contribution is 5.87. The molecule has 2 rings (SSSR count). The molecule has 3 nitrogen and oxygen atoms in total. The molecule has 3 heteroatoms. The van der Waals surface area contributed by atoms with Gasteiger partial charge in [0.1, 0.15) is 0 Å². The number of benzene rings is 1. The van der Waals surface area contributed by atoms with Crippen LogP contribution in [-0.2, 0) is 4.79 Å². The van der Waals surface area contributed by atoms with Crippen LogP contribution in [0.1, 0.15) is 24.5 Å². The lowest BCUT2D eigenvalue weighted by atomic mass is 10.0. The van der Waals surface area contributed by atoms with Crippen molar-refractivity contribution in [1.29, 1.82) is 0 Å². The Labute approximate surface area is 113 Å². The van der Waals surface area contributed by atoms with Crippen LogP contribution < -0.4 is 4.90 Å². The summed E-state index contributed by atoms with van der Waals surface area (Å²) < 4.78 is 0. The topological polar surface area (TPSA) is 40.5 Å². The normalized spacial score (nSPS) is 15.7. The summed E-state index contributed by atoms with van der Waals surface area (Å²) in [5, 5.41) is 8.78. The van der Waals surface area contributed by atoms with Gasteiger partial charge in [0, 0.05) is 24.9 Å². The van der Waals surface area contributed by atoms with E-state index in [1.165, 1.54) is 11.6 Å². The van der Waals surface area contributed by atoms with Gasteiger partial charge in [0.2, 0.25) is 0 Å². The van der Waals surface area contributed by atoms with Crippen molar-refractivity contribution in [3.63, 3.8) is 0 Å². The van der Waals surface area contributed by atoms with Crippen LogP contribution in [0.5, 0.6) is 0 Å². The molecule has 0 fully saturated rings. The zero-order valence-electron chi connectivity index (χ0n) is 11.4. The molecule has 1 aliphatic heterocycles. The van der Waals surface area contributed by atoms with Crippen molar-refractivity contribution in [1.82, 2.24) is 0 Å². The number of hydrogen-bond acceptors (Lipinski definition) is 2. The summed E-state index contributed by atoms with van der Waals surface area (Å²) in [5.74, 6) is -0.915. The Morgan fingerprint density at radius 3 is 2.84 bits per heavy atom. The molecule has 0 bridgehead atoms. The second kappa shape index (κ2) is 5.74. The smallest absolute Gasteiger partial charge is 0.328 e. The fraction of sp³-hybridized carbons (Fsp3) is 0.312. The van der Waals surface area contributed by atoms with E-state index in [1.807, 2.05) is 13.0 Å². The molecular formula is C16H19NO2. The van der Waals surface area contributed by atoms with Gasteiger partial charge in [0.15, 0.2) is 0 Å². The Morgan fingerprint density at radius 1 is 1.37 bits per heavy atom. The summed E-state index contributed by atoms with van der Waals surface area (Å²) in [5.41, 5.74) is 4.57. The predicted octanol–water partition coefficient (Wildman–Crippen LogP) is 3.25. The van der Waals surface area contributed by atoms with E-state index in [-0.39, 0.29) is 0 Å². The zero-order chi connectivity index (χ0) is 13.8. The molecule has 0 aliphatic carbocycles. The number of carboxylic acids is 1. The first kappa shape index (κ1) is 13.4. The summed E-state index contributed by atoms with van der Waals surface area (Å²) in [7, 11) is 0. The lowest BCUT2D eigenvalue weighted by Crippen LogP contribution is -2.29. The van der Waals surface area contributed by atoms with E-state index in [0.29, 0.717) is 0 Å². The maximum atomic E-state index is 10.7. The van der Waals surface area contributed by atoms with Gasteiger partial charge in [-0.05, 0) is 44.0 Å². The van der Waals surface area contributed by atoms with Crippen molar-refractivity contribution in [3.8, 4) is 0 Å². The van der Waals surface area contributed by atoms with Gasteiger partial charge in [-0.15, -0.1) is 0 Å². The van der Waals surface area contributed by atoms with Crippen LogP contribution >= 0.6 is 0 Å². The molecular weight excluding hydrogens is 238 g/mol. The van der Waals surface area contributed by atoms with Gasteiger partial charge in [-0.3, -0.25) is 0 Å². The van der Waals surface area contributed by atoms with Crippen LogP contribution in [-0.4, -0.2) is 24.2 Å². The molecule has 1 aromatic carbocycles. The minimum atomic E-state index is -0.915. The number of aryl methyl sites for hydroxylation is 1. The van der Waals surface area contributed by atoms with E-state index >= 15 is 0 Å². The second-order valence-electron chi connectivity index (χ2n) is 4.99. The van der Waals surface area contributed by atoms with E-state index in [1.54, 1.807) is 6.08 Å². The van der Waals surface area contributed by atoms with Crippen molar-refractivity contribution >= 4 is 17.7 Å². The molecule has 1 aromatic rings. The number of anilines is 1. The first-order valence-corrected chi connectivity index (χ1v) is 6.48. The van der Waals surface area contributed by atoms with E-state index in [4.69, 9.17) is 5.11 Å². The van der Waals surface area contributed by atoms with E-state index < -0.39 is 5.97 Å². The lowest BCUT2D eigenvalue weighted by Gasteiger charge is -2.29. The van der Waals surface area contributed by atoms with Crippen molar-refractivity contribution in [3.05, 3.63) is 47.1 Å². The quantitative estimate of drug-likeness (QED) is 0.667. The largest absolute Gasteiger partial charge is 0.478 e. The van der Waals surface area contributed by atoms with Crippen LogP contribution in [0.15, 0.2) is 35.9 Å². The Hall–Kier alpha value is -2.03. The summed E-state index contributed by atoms with van der Waals surface area (Å²) in [4.78, 5) is 13.0. The summed E-state index contributed by atoms with van der Waals surface area (Å²) >= 11 is 0. The monoisotopic (exact) mass is 257 g/mol. The van der Waals surface area contributed by atoms with Crippen LogP contribution in [0.4, 0.5) is 5.69 Å². The Balaban J connectivity index is 2.34. The van der Waals surface area contributed by atoms with Crippen LogP contribution in [0.2, 0.25) is 0 Å². The minimum absolute atomic E-state index is 0.914. The highest BCUT2D eigenvalue weighted by Gasteiger charge is 2.13. The average Bonchev–Trinajstić information content (AvgIpc) is 2.36. The van der Waals surface area contributed by atoms with Crippen molar-refractivity contribution in [2.45, 2.75) is 20.3 Å². The average molecular weight is 257 g/mol. The number of aliphatic carboxylic acids is 1. The Bertz CT molecular complexity index is 544. The van der Waals surface area contributed by atoms with Gasteiger partial charge in [0.05, 0.1) is 0 Å². The lowest BCUT2D eigenvalue weighted by molar-refractivity contribution is -0.131. The maximum absolute atomic E-state index is 10.7. The molecule has 1 aliphatic rings. The van der Waals surface area contributed by atoms with Gasteiger partial charge in [-0.25, -0.2) is 4.79 Å². The zero-order valence-corrected chi connectivity index (χ0v) is 11.4. The van der Waals surface area contributed by atoms with Crippen molar-refractivity contribution < 1.29 is 9.90 Å². The molecule has 0 spiro atoms. The molecule has 0 radical (unpaired) electrons. The summed E-state index contributed by atoms with van der Waals surface area (Å²) in [6, 6.07) is 6.18. The van der Waals surface area contributed by atoms with Gasteiger partial charge in [0.25, 0.3) is 0 Å². The molecule has 0 atom stereocenters. The molecule has 100 valence electrons. The maximum Gasteiger partial charge on any atom is 0.328 e. The number of hydrogen-bond donors (Lipinski definition) is 1. The van der Waals surface area contributed by atoms with Gasteiger partial charge < -0.3 is 10.0 Å². The predicted molar refractivity (Wildman–Crippen MR) is 78.4 cm³/mol. The summed E-state index contributed by atoms with van der Waals surface area (Å²) in [6.45, 7) is 6.04. The third-order valence-corrected chi connectivity index (χ3v) is 3.26. The Morgan fingerprint density at radius 2 is 2.16 bits per heavy atom. The fourth-order valence-corrected chi connectivity index (χ4v) is 2.37. The SMILES string of the molecule is CC1=CCCN(c2ccc(C)cc2/C=C/C(=O)O)C1. The Kier molecular flexibility index (Phi) is 4.05. The molecule has 0 amide bonds. The summed E-state index contributed by atoms with van der Waals surface area (Å²) in [6.07, 6.45) is 6.18. The molecule has 0 unspecified atom stereocenters. The van der Waals surface area contributed by atoms with E-state index in [2.05, 4.69) is 30.0 Å². The second-order valence-corrected chi connectivity index (χ2v) is 4.99. The third kappa shape index (κ3) is 3.47. The molecule has 19 heavy (non-hydrogen) atoms. The standard InChI is InChI=1S/C16H19NO2/c1-12-5-7-15(14(10-12)6-8-16(18)19)17-9-3-4-13(2)11-17/h4-8,10H,3,9,11H2,1-2H3,(H,18,19)/b8-6+. The number of rotatable bonds is 3. The molecule has 0 saturated carbocycles. The van der Waals surface area contributed by atoms with E-state index in [0.717, 1.165) is 36.3 Å². The number of carbonyl (C=O) groups is 1. The highest BCUT2D eigenvalue weighted by Crippen LogP contribution is 2.26. The number of carboxylic acid groups (broad SMARTS) is 1. The highest BCUT2D eigenvalue weighted by atomic mass is 16.4. The molecule has 0 aromatic heterocycles. The van der Waals surface area contributed by atoms with Crippen LogP contribution in [0.3, 0.4) is 0 Å². The molecule has 1 heterocycles. The number of nitrogens with zero attached hydrogens (tertiary/aromatic N) is 1. The van der Waals surface area contributed by atoms with Crippen molar-refractivity contribution in [2.24, 2.45) is 0 Å². The van der Waals surface area contributed by atoms with Crippen LogP contribution in [0.25, 0.3) is 6.08 Å². The van der Waals surface area contributed by atoms with Gasteiger partial charge in [-0.2, -0.15) is 0 Å². The minimum Gasteiger partial charge on any atom is -0.478 e. The van der Waals surface area contributed by atoms with Crippen LogP contribution in [0, 0.1) is 6.92 Å². The fourth-order valence-electron chi connectivity index (χ4n) is 2.37. The first-order valence-electron chi connectivity index (χ1n) is 6.48. The van der Waals surface area contributed by atoms with E-state index in [9.17, 15) is 4.79 Å². The van der Waals surface area contributed by atoms with Gasteiger partial charge in [-0.1, -0.05) is 23.3 Å². The molecule has 1 N–H and O–H groups in total. The molecule has 0 saturated heterocycles. The van der Waals surface area contributed by atoms with Crippen molar-refractivity contribution in [2.75, 3.05) is 18.0 Å². The third-order valence-electron chi connectivity index (χ3n) is 3.26.